The minimum atomic E-state index is -1.09. The summed E-state index contributed by atoms with van der Waals surface area (Å²) in [7, 11) is 1.41. The van der Waals surface area contributed by atoms with Crippen molar-refractivity contribution in [3.05, 3.63) is 82.1 Å². The van der Waals surface area contributed by atoms with Crippen LogP contribution >= 0.6 is 11.6 Å². The molecule has 144 valence electrons. The molecule has 1 amide bonds. The highest BCUT2D eigenvalue weighted by Gasteiger charge is 2.13. The summed E-state index contributed by atoms with van der Waals surface area (Å²) >= 11 is 6.15. The molecule has 28 heavy (non-hydrogen) atoms. The van der Waals surface area contributed by atoms with Crippen molar-refractivity contribution >= 4 is 23.5 Å². The lowest BCUT2D eigenvalue weighted by Crippen LogP contribution is -2.22. The fourth-order valence-corrected chi connectivity index (χ4v) is 2.88. The van der Waals surface area contributed by atoms with Crippen LogP contribution in [0.4, 0.5) is 0 Å². The lowest BCUT2D eigenvalue weighted by Gasteiger charge is -2.08. The van der Waals surface area contributed by atoms with Gasteiger partial charge >= 0.3 is 5.97 Å². The predicted octanol–water partition coefficient (Wildman–Crippen LogP) is 3.22. The highest BCUT2D eigenvalue weighted by atomic mass is 35.5. The highest BCUT2D eigenvalue weighted by Crippen LogP contribution is 2.20. The number of ether oxygens (including phenoxy) is 1. The molecule has 2 aromatic carbocycles. The maximum Gasteiger partial charge on any atom is 0.339 e. The number of carboxylic acids is 1. The van der Waals surface area contributed by atoms with Gasteiger partial charge in [-0.3, -0.25) is 9.48 Å². The van der Waals surface area contributed by atoms with Crippen LogP contribution in [-0.2, 0) is 13.1 Å². The van der Waals surface area contributed by atoms with Crippen molar-refractivity contribution < 1.29 is 19.4 Å². The van der Waals surface area contributed by atoms with Gasteiger partial charge < -0.3 is 15.2 Å². The molecule has 3 aromatic rings. The number of carbonyl (C=O) groups is 2. The summed E-state index contributed by atoms with van der Waals surface area (Å²) in [5, 5.41) is 16.8. The number of rotatable bonds is 7. The van der Waals surface area contributed by atoms with Gasteiger partial charge in [0, 0.05) is 17.8 Å². The molecule has 0 aliphatic heterocycles. The number of aromatic carboxylic acids is 1. The maximum atomic E-state index is 12.4. The normalized spacial score (nSPS) is 10.5. The van der Waals surface area contributed by atoms with Crippen LogP contribution in [0.3, 0.4) is 0 Å². The molecule has 0 unspecified atom stereocenters. The Morgan fingerprint density at radius 3 is 2.75 bits per heavy atom. The first-order chi connectivity index (χ1) is 13.5. The highest BCUT2D eigenvalue weighted by molar-refractivity contribution is 6.31. The summed E-state index contributed by atoms with van der Waals surface area (Å²) in [6.07, 6.45) is 3.11. The third-order valence-corrected chi connectivity index (χ3v) is 4.50. The molecule has 1 aromatic heterocycles. The molecule has 3 rings (SSSR count). The molecule has 0 radical (unpaired) electrons. The molecule has 2 N–H and O–H groups in total. The Morgan fingerprint density at radius 2 is 2.04 bits per heavy atom. The maximum absolute atomic E-state index is 12.4. The smallest absolute Gasteiger partial charge is 0.339 e. The second-order valence-electron chi connectivity index (χ2n) is 6.04. The van der Waals surface area contributed by atoms with Crippen molar-refractivity contribution in [1.29, 1.82) is 0 Å². The Kier molecular flexibility index (Phi) is 5.96. The number of benzene rings is 2. The molecular weight excluding hydrogens is 382 g/mol. The standard InChI is InChI=1S/C20H18ClN3O4/c1-28-18-7-6-13(8-16(18)20(26)27)9-22-19(25)15-10-23-24(12-15)11-14-4-2-3-5-17(14)21/h2-8,10,12H,9,11H2,1H3,(H,22,25)(H,26,27). The second kappa shape index (κ2) is 8.58. The number of carbonyl (C=O) groups excluding carboxylic acids is 1. The molecule has 0 saturated carbocycles. The number of hydrogen-bond donors (Lipinski definition) is 2. The van der Waals surface area contributed by atoms with Crippen molar-refractivity contribution in [2.75, 3.05) is 7.11 Å². The number of halogens is 1. The average molecular weight is 400 g/mol. The third kappa shape index (κ3) is 4.50. The Balaban J connectivity index is 1.64. The fourth-order valence-electron chi connectivity index (χ4n) is 2.69. The molecule has 0 atom stereocenters. The van der Waals surface area contributed by atoms with Crippen LogP contribution in [0, 0.1) is 0 Å². The largest absolute Gasteiger partial charge is 0.496 e. The summed E-state index contributed by atoms with van der Waals surface area (Å²) in [5.41, 5.74) is 1.99. The van der Waals surface area contributed by atoms with E-state index in [0.717, 1.165) is 5.56 Å². The van der Waals surface area contributed by atoms with Gasteiger partial charge in [-0.25, -0.2) is 4.79 Å². The van der Waals surface area contributed by atoms with Crippen molar-refractivity contribution in [2.45, 2.75) is 13.1 Å². The van der Waals surface area contributed by atoms with E-state index in [0.29, 0.717) is 22.7 Å². The van der Waals surface area contributed by atoms with Crippen molar-refractivity contribution in [3.8, 4) is 5.75 Å². The van der Waals surface area contributed by atoms with E-state index in [-0.39, 0.29) is 23.8 Å². The van der Waals surface area contributed by atoms with E-state index in [9.17, 15) is 14.7 Å². The minimum absolute atomic E-state index is 0.0433. The molecular formula is C20H18ClN3O4. The molecule has 1 heterocycles. The van der Waals surface area contributed by atoms with Gasteiger partial charge in [0.15, 0.2) is 0 Å². The number of amides is 1. The van der Waals surface area contributed by atoms with Gasteiger partial charge in [-0.05, 0) is 29.3 Å². The number of nitrogens with zero attached hydrogens (tertiary/aromatic N) is 2. The SMILES string of the molecule is COc1ccc(CNC(=O)c2cnn(Cc3ccccc3Cl)c2)cc1C(=O)O. The minimum Gasteiger partial charge on any atom is -0.496 e. The van der Waals surface area contributed by atoms with Gasteiger partial charge in [0.1, 0.15) is 11.3 Å². The summed E-state index contributed by atoms with van der Waals surface area (Å²) < 4.78 is 6.66. The summed E-state index contributed by atoms with van der Waals surface area (Å²) in [6.45, 7) is 0.631. The first-order valence-electron chi connectivity index (χ1n) is 8.42. The van der Waals surface area contributed by atoms with Gasteiger partial charge in [0.05, 0.1) is 25.4 Å². The Morgan fingerprint density at radius 1 is 1.25 bits per heavy atom. The van der Waals surface area contributed by atoms with Crippen LogP contribution < -0.4 is 10.1 Å². The van der Waals surface area contributed by atoms with E-state index < -0.39 is 5.97 Å². The van der Waals surface area contributed by atoms with E-state index >= 15 is 0 Å². The molecule has 8 heteroatoms. The zero-order chi connectivity index (χ0) is 20.1. The molecule has 7 nitrogen and oxygen atoms in total. The van der Waals surface area contributed by atoms with E-state index in [1.54, 1.807) is 29.1 Å². The molecule has 0 aliphatic carbocycles. The van der Waals surface area contributed by atoms with Crippen LogP contribution in [0.1, 0.15) is 31.8 Å². The monoisotopic (exact) mass is 399 g/mol. The number of methoxy groups -OCH3 is 1. The van der Waals surface area contributed by atoms with Gasteiger partial charge in [0.25, 0.3) is 5.91 Å². The van der Waals surface area contributed by atoms with Gasteiger partial charge in [0.2, 0.25) is 0 Å². The van der Waals surface area contributed by atoms with E-state index in [4.69, 9.17) is 16.3 Å². The molecule has 0 aliphatic rings. The fraction of sp³-hybridized carbons (Fsp3) is 0.150. The van der Waals surface area contributed by atoms with Crippen molar-refractivity contribution in [1.82, 2.24) is 15.1 Å². The first kappa shape index (κ1) is 19.4. The average Bonchev–Trinajstić information content (AvgIpc) is 3.16. The van der Waals surface area contributed by atoms with Gasteiger partial charge in [-0.2, -0.15) is 5.10 Å². The molecule has 0 spiro atoms. The van der Waals surface area contributed by atoms with Crippen LogP contribution in [0.5, 0.6) is 5.75 Å². The zero-order valence-electron chi connectivity index (χ0n) is 15.1. The topological polar surface area (TPSA) is 93.5 Å². The number of aromatic nitrogens is 2. The van der Waals surface area contributed by atoms with Crippen LogP contribution in [0.2, 0.25) is 5.02 Å². The number of carboxylic acid groups (broad SMARTS) is 1. The van der Waals surface area contributed by atoms with E-state index in [2.05, 4.69) is 10.4 Å². The first-order valence-corrected chi connectivity index (χ1v) is 8.80. The lowest BCUT2D eigenvalue weighted by molar-refractivity contribution is 0.0693. The zero-order valence-corrected chi connectivity index (χ0v) is 15.8. The van der Waals surface area contributed by atoms with Gasteiger partial charge in [-0.15, -0.1) is 0 Å². The van der Waals surface area contributed by atoms with Crippen LogP contribution in [0.25, 0.3) is 0 Å². The number of nitrogens with one attached hydrogen (secondary N) is 1. The van der Waals surface area contributed by atoms with Crippen LogP contribution in [-0.4, -0.2) is 33.9 Å². The predicted molar refractivity (Wildman–Crippen MR) is 104 cm³/mol. The van der Waals surface area contributed by atoms with E-state index in [1.807, 2.05) is 18.2 Å². The summed E-state index contributed by atoms with van der Waals surface area (Å²) in [6, 6.07) is 12.2. The van der Waals surface area contributed by atoms with Crippen molar-refractivity contribution in [2.24, 2.45) is 0 Å². The Labute approximate surface area is 166 Å². The quantitative estimate of drug-likeness (QED) is 0.636. The summed E-state index contributed by atoms with van der Waals surface area (Å²) in [5.74, 6) is -1.13. The summed E-state index contributed by atoms with van der Waals surface area (Å²) in [4.78, 5) is 23.6. The molecule has 0 saturated heterocycles. The van der Waals surface area contributed by atoms with E-state index in [1.165, 1.54) is 19.4 Å². The molecule has 0 fully saturated rings. The number of hydrogen-bond acceptors (Lipinski definition) is 4. The Bertz CT molecular complexity index is 1020. The Hall–Kier alpha value is -3.32. The van der Waals surface area contributed by atoms with Crippen LogP contribution in [0.15, 0.2) is 54.9 Å². The third-order valence-electron chi connectivity index (χ3n) is 4.13. The van der Waals surface area contributed by atoms with Gasteiger partial charge in [-0.1, -0.05) is 35.9 Å². The van der Waals surface area contributed by atoms with Crippen molar-refractivity contribution in [3.63, 3.8) is 0 Å². The second-order valence-corrected chi connectivity index (χ2v) is 6.45. The molecule has 0 bridgehead atoms. The lowest BCUT2D eigenvalue weighted by atomic mass is 10.1.